The Morgan fingerprint density at radius 3 is 2.92 bits per heavy atom. The molecule has 3 aromatic heterocycles. The Bertz CT molecular complexity index is 1050. The predicted octanol–water partition coefficient (Wildman–Crippen LogP) is 1.78. The summed E-state index contributed by atoms with van der Waals surface area (Å²) >= 11 is 1.33. The summed E-state index contributed by atoms with van der Waals surface area (Å²) in [6.45, 7) is 0. The topological polar surface area (TPSA) is 116 Å². The molecular formula is C15H12N6O2S. The van der Waals surface area contributed by atoms with E-state index in [9.17, 15) is 4.79 Å². The van der Waals surface area contributed by atoms with E-state index in [2.05, 4.69) is 20.2 Å². The normalized spacial score (nSPS) is 11.2. The molecular weight excluding hydrogens is 328 g/mol. The van der Waals surface area contributed by atoms with Crippen LogP contribution in [0.3, 0.4) is 0 Å². The van der Waals surface area contributed by atoms with Crippen LogP contribution in [0.1, 0.15) is 5.82 Å². The van der Waals surface area contributed by atoms with Crippen molar-refractivity contribution in [2.75, 3.05) is 5.84 Å². The maximum Gasteiger partial charge on any atom is 0.258 e. The lowest BCUT2D eigenvalue weighted by molar-refractivity contribution is 0.574. The number of aromatic nitrogens is 5. The molecule has 4 rings (SSSR count). The number of thioether (sulfide) groups is 1. The molecule has 0 aliphatic rings. The van der Waals surface area contributed by atoms with Gasteiger partial charge in [0.25, 0.3) is 5.56 Å². The van der Waals surface area contributed by atoms with Crippen molar-refractivity contribution in [3.05, 3.63) is 58.8 Å². The van der Waals surface area contributed by atoms with E-state index in [4.69, 9.17) is 10.3 Å². The van der Waals surface area contributed by atoms with E-state index in [1.54, 1.807) is 36.6 Å². The number of aromatic amines is 1. The minimum absolute atomic E-state index is 0.165. The van der Waals surface area contributed by atoms with Crippen LogP contribution >= 0.6 is 11.8 Å². The van der Waals surface area contributed by atoms with Gasteiger partial charge in [0.1, 0.15) is 5.82 Å². The van der Waals surface area contributed by atoms with Gasteiger partial charge in [0, 0.05) is 0 Å². The zero-order chi connectivity index (χ0) is 16.5. The highest BCUT2D eigenvalue weighted by Crippen LogP contribution is 2.23. The van der Waals surface area contributed by atoms with E-state index in [-0.39, 0.29) is 5.56 Å². The number of nitrogens with one attached hydrogen (secondary N) is 1. The second-order valence-corrected chi connectivity index (χ2v) is 5.91. The highest BCUT2D eigenvalue weighted by atomic mass is 32.2. The Kier molecular flexibility index (Phi) is 3.54. The van der Waals surface area contributed by atoms with Gasteiger partial charge in [-0.2, -0.15) is 0 Å². The van der Waals surface area contributed by atoms with E-state index in [1.807, 2.05) is 6.07 Å². The first kappa shape index (κ1) is 14.5. The van der Waals surface area contributed by atoms with Crippen molar-refractivity contribution in [1.29, 1.82) is 0 Å². The van der Waals surface area contributed by atoms with E-state index < -0.39 is 0 Å². The van der Waals surface area contributed by atoms with Gasteiger partial charge in [-0.1, -0.05) is 23.9 Å². The molecule has 0 aliphatic carbocycles. The molecule has 4 aromatic rings. The quantitative estimate of drug-likeness (QED) is 0.430. The van der Waals surface area contributed by atoms with E-state index in [0.29, 0.717) is 39.2 Å². The number of nitrogens with zero attached hydrogens (tertiary/aromatic N) is 4. The summed E-state index contributed by atoms with van der Waals surface area (Å²) in [7, 11) is 0. The maximum atomic E-state index is 12.1. The highest BCUT2D eigenvalue weighted by Gasteiger charge is 2.14. The largest absolute Gasteiger partial charge is 0.461 e. The molecule has 0 fully saturated rings. The molecule has 0 spiro atoms. The lowest BCUT2D eigenvalue weighted by Crippen LogP contribution is -2.13. The molecule has 9 heteroatoms. The van der Waals surface area contributed by atoms with Crippen LogP contribution in [0.5, 0.6) is 0 Å². The Morgan fingerprint density at radius 2 is 2.08 bits per heavy atom. The number of rotatable bonds is 4. The summed E-state index contributed by atoms with van der Waals surface area (Å²) in [5.41, 5.74) is 0.490. The van der Waals surface area contributed by atoms with Crippen LogP contribution < -0.4 is 11.4 Å². The number of hydrogen-bond donors (Lipinski definition) is 2. The Morgan fingerprint density at radius 1 is 1.21 bits per heavy atom. The first-order chi connectivity index (χ1) is 11.7. The van der Waals surface area contributed by atoms with Gasteiger partial charge in [-0.25, -0.2) is 9.66 Å². The molecule has 0 unspecified atom stereocenters. The van der Waals surface area contributed by atoms with Crippen molar-refractivity contribution < 1.29 is 4.42 Å². The fourth-order valence-corrected chi connectivity index (χ4v) is 3.01. The van der Waals surface area contributed by atoms with Crippen LogP contribution in [0.2, 0.25) is 0 Å². The summed E-state index contributed by atoms with van der Waals surface area (Å²) in [4.78, 5) is 19.3. The van der Waals surface area contributed by atoms with Crippen LogP contribution in [-0.4, -0.2) is 24.8 Å². The standard InChI is InChI=1S/C15H12N6O2S/c16-21-13(11-6-3-7-23-11)19-20-15(21)24-8-12-17-10-5-2-1-4-9(10)14(22)18-12/h1-7H,8,16H2,(H,17,18,22). The molecule has 0 saturated carbocycles. The number of benzene rings is 1. The minimum atomic E-state index is -0.165. The molecule has 0 saturated heterocycles. The van der Waals surface area contributed by atoms with Gasteiger partial charge in [0.2, 0.25) is 11.0 Å². The number of fused-ring (bicyclic) bond motifs is 1. The Labute approximate surface area is 139 Å². The van der Waals surface area contributed by atoms with Crippen LogP contribution in [0.25, 0.3) is 22.5 Å². The molecule has 8 nitrogen and oxygen atoms in total. The third kappa shape index (κ3) is 2.54. The monoisotopic (exact) mass is 340 g/mol. The van der Waals surface area contributed by atoms with Gasteiger partial charge < -0.3 is 15.2 Å². The van der Waals surface area contributed by atoms with Crippen molar-refractivity contribution in [2.24, 2.45) is 0 Å². The molecule has 0 bridgehead atoms. The minimum Gasteiger partial charge on any atom is -0.461 e. The third-order valence-electron chi connectivity index (χ3n) is 3.41. The lowest BCUT2D eigenvalue weighted by atomic mass is 10.2. The average Bonchev–Trinajstić information content (AvgIpc) is 3.23. The van der Waals surface area contributed by atoms with Gasteiger partial charge >= 0.3 is 0 Å². The molecule has 3 N–H and O–H groups in total. The third-order valence-corrected chi connectivity index (χ3v) is 4.36. The number of furan rings is 1. The second-order valence-electron chi connectivity index (χ2n) is 4.97. The summed E-state index contributed by atoms with van der Waals surface area (Å²) in [6, 6.07) is 10.7. The van der Waals surface area contributed by atoms with Crippen molar-refractivity contribution in [3.8, 4) is 11.6 Å². The number of nitrogen functional groups attached to an aromatic ring is 1. The molecule has 1 aromatic carbocycles. The Balaban J connectivity index is 1.59. The van der Waals surface area contributed by atoms with Gasteiger partial charge in [0.15, 0.2) is 5.76 Å². The highest BCUT2D eigenvalue weighted by molar-refractivity contribution is 7.98. The van der Waals surface area contributed by atoms with Crippen molar-refractivity contribution in [3.63, 3.8) is 0 Å². The molecule has 3 heterocycles. The fraction of sp³-hybridized carbons (Fsp3) is 0.0667. The molecule has 24 heavy (non-hydrogen) atoms. The first-order valence-electron chi connectivity index (χ1n) is 7.07. The second kappa shape index (κ2) is 5.85. The van der Waals surface area contributed by atoms with Gasteiger partial charge in [-0.3, -0.25) is 4.79 Å². The SMILES string of the molecule is Nn1c(SCc2nc3ccccc3c(=O)[nH]2)nnc1-c1ccco1. The Hall–Kier alpha value is -3.07. The summed E-state index contributed by atoms with van der Waals surface area (Å²) in [5, 5.41) is 9.12. The smallest absolute Gasteiger partial charge is 0.258 e. The van der Waals surface area contributed by atoms with Crippen LogP contribution in [0, 0.1) is 0 Å². The van der Waals surface area contributed by atoms with Crippen molar-refractivity contribution in [1.82, 2.24) is 24.8 Å². The molecule has 0 aliphatic heterocycles. The van der Waals surface area contributed by atoms with Crippen molar-refractivity contribution >= 4 is 22.7 Å². The number of nitrogens with two attached hydrogens (primary N) is 1. The number of para-hydroxylation sites is 1. The maximum absolute atomic E-state index is 12.1. The van der Waals surface area contributed by atoms with Gasteiger partial charge in [0.05, 0.1) is 22.9 Å². The van der Waals surface area contributed by atoms with E-state index in [1.165, 1.54) is 16.4 Å². The molecule has 120 valence electrons. The summed E-state index contributed by atoms with van der Waals surface area (Å²) in [6.07, 6.45) is 1.54. The predicted molar refractivity (Wildman–Crippen MR) is 89.8 cm³/mol. The molecule has 0 atom stereocenters. The van der Waals surface area contributed by atoms with Crippen molar-refractivity contribution in [2.45, 2.75) is 10.9 Å². The number of H-pyrrole nitrogens is 1. The zero-order valence-corrected chi connectivity index (χ0v) is 13.2. The average molecular weight is 340 g/mol. The number of hydrogen-bond acceptors (Lipinski definition) is 7. The van der Waals surface area contributed by atoms with Crippen LogP contribution in [0.15, 0.2) is 57.0 Å². The lowest BCUT2D eigenvalue weighted by Gasteiger charge is -2.03. The molecule has 0 amide bonds. The van der Waals surface area contributed by atoms with E-state index >= 15 is 0 Å². The van der Waals surface area contributed by atoms with Gasteiger partial charge in [-0.05, 0) is 24.3 Å². The fourth-order valence-electron chi connectivity index (χ4n) is 2.29. The van der Waals surface area contributed by atoms with Gasteiger partial charge in [-0.15, -0.1) is 10.2 Å². The summed E-state index contributed by atoms with van der Waals surface area (Å²) < 4.78 is 6.62. The van der Waals surface area contributed by atoms with Crippen LogP contribution in [-0.2, 0) is 5.75 Å². The molecule has 0 radical (unpaired) electrons. The van der Waals surface area contributed by atoms with E-state index in [0.717, 1.165) is 0 Å². The zero-order valence-electron chi connectivity index (χ0n) is 12.3. The first-order valence-corrected chi connectivity index (χ1v) is 8.06. The van der Waals surface area contributed by atoms with Crippen LogP contribution in [0.4, 0.5) is 0 Å². The summed E-state index contributed by atoms with van der Waals surface area (Å²) in [5.74, 6) is 7.92.